The van der Waals surface area contributed by atoms with Gasteiger partial charge in [0.15, 0.2) is 0 Å². The van der Waals surface area contributed by atoms with E-state index in [0.717, 1.165) is 75.8 Å². The van der Waals surface area contributed by atoms with E-state index in [-0.39, 0.29) is 6.03 Å². The first-order valence-corrected chi connectivity index (χ1v) is 14.7. The Bertz CT molecular complexity index is 1170. The second-order valence-corrected chi connectivity index (χ2v) is 10.8. The first-order valence-electron chi connectivity index (χ1n) is 14.7. The molecule has 2 N–H and O–H groups in total. The smallest absolute Gasteiger partial charge is 0.326 e. The Labute approximate surface area is 238 Å². The van der Waals surface area contributed by atoms with Crippen molar-refractivity contribution in [3.63, 3.8) is 0 Å². The van der Waals surface area contributed by atoms with Gasteiger partial charge in [-0.3, -0.25) is 9.80 Å². The van der Waals surface area contributed by atoms with Gasteiger partial charge in [-0.1, -0.05) is 61.0 Å². The number of hydrogen-bond donors (Lipinski definition) is 2. The molecule has 1 saturated carbocycles. The second kappa shape index (κ2) is 14.8. The molecule has 1 aliphatic carbocycles. The Morgan fingerprint density at radius 3 is 2.52 bits per heavy atom. The number of carbonyl (C=O) groups is 1. The van der Waals surface area contributed by atoms with Gasteiger partial charge in [0.1, 0.15) is 12.4 Å². The standard InChI is InChI=1S/C33H42N4O3/c38-33(35-29-12-5-2-6-13-29)37(26-28-11-7-14-30(23-28)34-25-27-9-3-1-4-10-27)31-15-8-16-32(24-31)40-22-19-36-17-20-39-21-18-36/h1-6,8-10,12-13,15-16,24,28,30,34H,7,11,14,17-23,25-26H2,(H,35,38)/t28-,30+/m1/s1. The molecule has 2 atom stereocenters. The lowest BCUT2D eigenvalue weighted by atomic mass is 9.85. The largest absolute Gasteiger partial charge is 0.492 e. The number of hydrogen-bond acceptors (Lipinski definition) is 5. The van der Waals surface area contributed by atoms with E-state index in [1.54, 1.807) is 0 Å². The predicted molar refractivity (Wildman–Crippen MR) is 161 cm³/mol. The molecule has 2 fully saturated rings. The molecule has 2 aliphatic rings. The number of nitrogens with one attached hydrogen (secondary N) is 2. The number of amides is 2. The summed E-state index contributed by atoms with van der Waals surface area (Å²) in [6.07, 6.45) is 4.51. The molecule has 7 heteroatoms. The molecule has 212 valence electrons. The Balaban J connectivity index is 1.24. The minimum atomic E-state index is -0.115. The highest BCUT2D eigenvalue weighted by Gasteiger charge is 2.27. The van der Waals surface area contributed by atoms with Gasteiger partial charge >= 0.3 is 6.03 Å². The minimum absolute atomic E-state index is 0.115. The number of anilines is 2. The van der Waals surface area contributed by atoms with Crippen LogP contribution in [0.15, 0.2) is 84.9 Å². The van der Waals surface area contributed by atoms with E-state index < -0.39 is 0 Å². The monoisotopic (exact) mass is 542 g/mol. The molecule has 1 saturated heterocycles. The molecule has 1 aliphatic heterocycles. The number of nitrogens with zero attached hydrogens (tertiary/aromatic N) is 2. The van der Waals surface area contributed by atoms with Crippen LogP contribution in [-0.2, 0) is 11.3 Å². The van der Waals surface area contributed by atoms with Crippen molar-refractivity contribution in [2.75, 3.05) is 56.2 Å². The van der Waals surface area contributed by atoms with E-state index in [0.29, 0.717) is 25.1 Å². The van der Waals surface area contributed by atoms with E-state index in [1.807, 2.05) is 59.5 Å². The molecule has 3 aromatic rings. The maximum atomic E-state index is 13.7. The average Bonchev–Trinajstić information content (AvgIpc) is 3.01. The summed E-state index contributed by atoms with van der Waals surface area (Å²) in [5.74, 6) is 1.20. The number of morpholine rings is 1. The fraction of sp³-hybridized carbons (Fsp3) is 0.424. The summed E-state index contributed by atoms with van der Waals surface area (Å²) in [6.45, 7) is 6.47. The fourth-order valence-corrected chi connectivity index (χ4v) is 5.64. The molecular weight excluding hydrogens is 500 g/mol. The molecule has 5 rings (SSSR count). The van der Waals surface area contributed by atoms with Crippen LogP contribution in [-0.4, -0.2) is 63.0 Å². The Kier molecular flexibility index (Phi) is 10.4. The Morgan fingerprint density at radius 1 is 0.950 bits per heavy atom. The zero-order chi connectivity index (χ0) is 27.4. The summed E-state index contributed by atoms with van der Waals surface area (Å²) in [7, 11) is 0. The van der Waals surface area contributed by atoms with Crippen molar-refractivity contribution in [3.05, 3.63) is 90.5 Å². The van der Waals surface area contributed by atoms with Gasteiger partial charge in [0.25, 0.3) is 0 Å². The van der Waals surface area contributed by atoms with E-state index in [9.17, 15) is 4.79 Å². The van der Waals surface area contributed by atoms with E-state index >= 15 is 0 Å². The van der Waals surface area contributed by atoms with Crippen LogP contribution in [0.25, 0.3) is 0 Å². The summed E-state index contributed by atoms with van der Waals surface area (Å²) in [5.41, 5.74) is 2.96. The zero-order valence-electron chi connectivity index (χ0n) is 23.3. The van der Waals surface area contributed by atoms with Gasteiger partial charge in [-0.05, 0) is 55.0 Å². The van der Waals surface area contributed by atoms with Gasteiger partial charge in [0, 0.05) is 56.2 Å². The van der Waals surface area contributed by atoms with Gasteiger partial charge in [-0.15, -0.1) is 0 Å². The van der Waals surface area contributed by atoms with Crippen molar-refractivity contribution in [2.24, 2.45) is 5.92 Å². The summed E-state index contributed by atoms with van der Waals surface area (Å²) in [6, 6.07) is 28.5. The minimum Gasteiger partial charge on any atom is -0.492 e. The molecule has 0 unspecified atom stereocenters. The number of rotatable bonds is 11. The zero-order valence-corrected chi connectivity index (χ0v) is 23.3. The van der Waals surface area contributed by atoms with Crippen molar-refractivity contribution >= 4 is 17.4 Å². The van der Waals surface area contributed by atoms with Crippen LogP contribution >= 0.6 is 0 Å². The van der Waals surface area contributed by atoms with Crippen LogP contribution in [0.5, 0.6) is 5.75 Å². The third-order valence-electron chi connectivity index (χ3n) is 7.84. The number of para-hydroxylation sites is 1. The SMILES string of the molecule is O=C(Nc1ccccc1)N(C[C@@H]1CCC[C@H](NCc2ccccc2)C1)c1cccc(OCCN2CCOCC2)c1. The second-order valence-electron chi connectivity index (χ2n) is 10.8. The average molecular weight is 543 g/mol. The quantitative estimate of drug-likeness (QED) is 0.321. The Morgan fingerprint density at radius 2 is 1.73 bits per heavy atom. The molecule has 3 aromatic carbocycles. The van der Waals surface area contributed by atoms with Gasteiger partial charge < -0.3 is 20.1 Å². The summed E-state index contributed by atoms with van der Waals surface area (Å²) in [5, 5.41) is 6.86. The van der Waals surface area contributed by atoms with Crippen LogP contribution in [0.4, 0.5) is 16.2 Å². The molecule has 40 heavy (non-hydrogen) atoms. The predicted octanol–water partition coefficient (Wildman–Crippen LogP) is 5.78. The highest BCUT2D eigenvalue weighted by atomic mass is 16.5. The normalized spacial score (nSPS) is 19.6. The van der Waals surface area contributed by atoms with Gasteiger partial charge in [0.2, 0.25) is 0 Å². The van der Waals surface area contributed by atoms with Crippen LogP contribution in [0, 0.1) is 5.92 Å². The Hall–Kier alpha value is -3.39. The van der Waals surface area contributed by atoms with E-state index in [4.69, 9.17) is 9.47 Å². The molecule has 7 nitrogen and oxygen atoms in total. The first kappa shape index (κ1) is 28.1. The number of carbonyl (C=O) groups excluding carboxylic acids is 1. The highest BCUT2D eigenvalue weighted by molar-refractivity contribution is 6.01. The third kappa shape index (κ3) is 8.55. The first-order chi connectivity index (χ1) is 19.7. The van der Waals surface area contributed by atoms with Crippen molar-refractivity contribution < 1.29 is 14.3 Å². The number of benzene rings is 3. The molecule has 0 bridgehead atoms. The van der Waals surface area contributed by atoms with Gasteiger partial charge in [-0.2, -0.15) is 0 Å². The van der Waals surface area contributed by atoms with Crippen molar-refractivity contribution in [3.8, 4) is 5.75 Å². The molecule has 0 radical (unpaired) electrons. The third-order valence-corrected chi connectivity index (χ3v) is 7.84. The van der Waals surface area contributed by atoms with Gasteiger partial charge in [0.05, 0.1) is 13.2 Å². The molecule has 1 heterocycles. The summed E-state index contributed by atoms with van der Waals surface area (Å²) < 4.78 is 11.6. The van der Waals surface area contributed by atoms with Gasteiger partial charge in [-0.25, -0.2) is 4.79 Å². The van der Waals surface area contributed by atoms with Crippen LogP contribution < -0.4 is 20.3 Å². The lowest BCUT2D eigenvalue weighted by Gasteiger charge is -2.34. The van der Waals surface area contributed by atoms with Crippen molar-refractivity contribution in [2.45, 2.75) is 38.3 Å². The summed E-state index contributed by atoms with van der Waals surface area (Å²) in [4.78, 5) is 17.9. The van der Waals surface area contributed by atoms with Crippen molar-refractivity contribution in [1.29, 1.82) is 0 Å². The maximum absolute atomic E-state index is 13.7. The topological polar surface area (TPSA) is 66.1 Å². The molecular formula is C33H42N4O3. The number of ether oxygens (including phenoxy) is 2. The maximum Gasteiger partial charge on any atom is 0.326 e. The fourth-order valence-electron chi connectivity index (χ4n) is 5.64. The van der Waals surface area contributed by atoms with E-state index in [2.05, 4.69) is 45.9 Å². The highest BCUT2D eigenvalue weighted by Crippen LogP contribution is 2.29. The molecule has 2 amide bonds. The van der Waals surface area contributed by atoms with Crippen LogP contribution in [0.1, 0.15) is 31.2 Å². The summed E-state index contributed by atoms with van der Waals surface area (Å²) >= 11 is 0. The van der Waals surface area contributed by atoms with E-state index in [1.165, 1.54) is 12.0 Å². The van der Waals surface area contributed by atoms with Crippen molar-refractivity contribution in [1.82, 2.24) is 10.2 Å². The lowest BCUT2D eigenvalue weighted by molar-refractivity contribution is 0.0322. The van der Waals surface area contributed by atoms with Crippen LogP contribution in [0.3, 0.4) is 0 Å². The lowest BCUT2D eigenvalue weighted by Crippen LogP contribution is -2.42. The molecule has 0 aromatic heterocycles. The number of urea groups is 1. The van der Waals surface area contributed by atoms with Crippen LogP contribution in [0.2, 0.25) is 0 Å². The molecule has 0 spiro atoms.